The van der Waals surface area contributed by atoms with Crippen LogP contribution in [-0.2, 0) is 17.6 Å². The molecule has 0 aliphatic carbocycles. The van der Waals surface area contributed by atoms with Crippen molar-refractivity contribution in [3.05, 3.63) is 72.1 Å². The van der Waals surface area contributed by atoms with Gasteiger partial charge < -0.3 is 5.11 Å². The lowest BCUT2D eigenvalue weighted by Crippen LogP contribution is -2.19. The summed E-state index contributed by atoms with van der Waals surface area (Å²) in [7, 11) is 0. The van der Waals surface area contributed by atoms with Crippen molar-refractivity contribution in [2.24, 2.45) is 0 Å². The summed E-state index contributed by atoms with van der Waals surface area (Å²) in [5.74, 6) is -1.56. The predicted molar refractivity (Wildman–Crippen MR) is 106 cm³/mol. The second-order valence-electron chi connectivity index (χ2n) is 6.80. The summed E-state index contributed by atoms with van der Waals surface area (Å²) in [5, 5.41) is 23.0. The fourth-order valence-electron chi connectivity index (χ4n) is 3.33. The van der Waals surface area contributed by atoms with Crippen molar-refractivity contribution >= 4 is 11.6 Å². The number of pyridine rings is 2. The molecule has 0 fully saturated rings. The highest BCUT2D eigenvalue weighted by Crippen LogP contribution is 2.25. The van der Waals surface area contributed by atoms with Gasteiger partial charge >= 0.3 is 5.97 Å². The molecule has 4 aromatic heterocycles. The number of hydrogen-bond donors (Lipinski definition) is 1. The first-order valence-corrected chi connectivity index (χ1v) is 9.44. The van der Waals surface area contributed by atoms with Crippen LogP contribution in [0.1, 0.15) is 36.2 Å². The maximum absolute atomic E-state index is 12.1. The molecule has 0 radical (unpaired) electrons. The lowest BCUT2D eigenvalue weighted by molar-refractivity contribution is -0.139. The van der Waals surface area contributed by atoms with E-state index in [0.717, 1.165) is 29.5 Å². The van der Waals surface area contributed by atoms with Crippen molar-refractivity contribution in [3.8, 4) is 11.3 Å². The second kappa shape index (κ2) is 8.14. The summed E-state index contributed by atoms with van der Waals surface area (Å²) < 4.78 is 1.57. The van der Waals surface area contributed by atoms with Gasteiger partial charge in [0.1, 0.15) is 5.92 Å². The fraction of sp³-hybridized carbons (Fsp3) is 0.238. The Morgan fingerprint density at radius 3 is 2.59 bits per heavy atom. The Kier molecular flexibility index (Phi) is 5.24. The van der Waals surface area contributed by atoms with E-state index in [1.165, 1.54) is 0 Å². The third kappa shape index (κ3) is 3.82. The van der Waals surface area contributed by atoms with Gasteiger partial charge in [0.2, 0.25) is 0 Å². The number of fused-ring (bicyclic) bond motifs is 1. The SMILES string of the molecule is CCCc1cc(-c2cccnc2)nn2c(C(Cc3cccnc3)C(=O)O)nnc12. The average Bonchev–Trinajstić information content (AvgIpc) is 3.17. The second-order valence-corrected chi connectivity index (χ2v) is 6.80. The van der Waals surface area contributed by atoms with Crippen molar-refractivity contribution in [1.82, 2.24) is 29.8 Å². The molecule has 0 aliphatic heterocycles. The van der Waals surface area contributed by atoms with E-state index in [0.29, 0.717) is 17.2 Å². The number of carbonyl (C=O) groups is 1. The van der Waals surface area contributed by atoms with Crippen molar-refractivity contribution in [2.45, 2.75) is 32.1 Å². The van der Waals surface area contributed by atoms with Gasteiger partial charge in [-0.2, -0.15) is 9.61 Å². The number of carboxylic acid groups (broad SMARTS) is 1. The van der Waals surface area contributed by atoms with Crippen LogP contribution in [0.25, 0.3) is 16.9 Å². The van der Waals surface area contributed by atoms with Crippen LogP contribution in [0.3, 0.4) is 0 Å². The molecule has 146 valence electrons. The Labute approximate surface area is 167 Å². The average molecular weight is 388 g/mol. The highest BCUT2D eigenvalue weighted by molar-refractivity contribution is 5.76. The quantitative estimate of drug-likeness (QED) is 0.519. The van der Waals surface area contributed by atoms with E-state index in [9.17, 15) is 9.90 Å². The van der Waals surface area contributed by atoms with E-state index in [1.807, 2.05) is 24.3 Å². The molecule has 0 bridgehead atoms. The van der Waals surface area contributed by atoms with Gasteiger partial charge in [-0.15, -0.1) is 10.2 Å². The van der Waals surface area contributed by atoms with Gasteiger partial charge in [0.25, 0.3) is 0 Å². The zero-order chi connectivity index (χ0) is 20.2. The summed E-state index contributed by atoms with van der Waals surface area (Å²) in [6, 6.07) is 9.38. The van der Waals surface area contributed by atoms with Crippen molar-refractivity contribution in [1.29, 1.82) is 0 Å². The Hall–Kier alpha value is -3.68. The summed E-state index contributed by atoms with van der Waals surface area (Å²) in [6.07, 6.45) is 8.72. The fourth-order valence-corrected chi connectivity index (χ4v) is 3.33. The summed E-state index contributed by atoms with van der Waals surface area (Å²) >= 11 is 0. The highest BCUT2D eigenvalue weighted by Gasteiger charge is 2.27. The lowest BCUT2D eigenvalue weighted by atomic mass is 10.00. The number of rotatable bonds is 7. The molecular formula is C21H20N6O2. The van der Waals surface area contributed by atoms with Gasteiger partial charge in [-0.25, -0.2) is 0 Å². The molecule has 8 nitrogen and oxygen atoms in total. The van der Waals surface area contributed by atoms with E-state index < -0.39 is 11.9 Å². The minimum absolute atomic E-state index is 0.256. The maximum Gasteiger partial charge on any atom is 0.314 e. The Bertz CT molecular complexity index is 1130. The molecule has 1 N–H and O–H groups in total. The zero-order valence-electron chi connectivity index (χ0n) is 15.9. The first kappa shape index (κ1) is 18.7. The Morgan fingerprint density at radius 1 is 1.14 bits per heavy atom. The van der Waals surface area contributed by atoms with Crippen LogP contribution in [0.15, 0.2) is 55.1 Å². The third-order valence-electron chi connectivity index (χ3n) is 4.72. The molecule has 8 heteroatoms. The molecule has 4 rings (SSSR count). The minimum atomic E-state index is -0.978. The van der Waals surface area contributed by atoms with Gasteiger partial charge in [-0.3, -0.25) is 14.8 Å². The first-order chi connectivity index (χ1) is 14.2. The van der Waals surface area contributed by atoms with E-state index in [-0.39, 0.29) is 6.42 Å². The summed E-state index contributed by atoms with van der Waals surface area (Å²) in [5.41, 5.74) is 3.94. The number of carboxylic acids is 1. The van der Waals surface area contributed by atoms with E-state index in [2.05, 4.69) is 32.2 Å². The van der Waals surface area contributed by atoms with Gasteiger partial charge in [0.15, 0.2) is 11.5 Å². The molecule has 0 aromatic carbocycles. The molecule has 4 aromatic rings. The molecular weight excluding hydrogens is 368 g/mol. The monoisotopic (exact) mass is 388 g/mol. The smallest absolute Gasteiger partial charge is 0.314 e. The molecule has 0 amide bonds. The van der Waals surface area contributed by atoms with Gasteiger partial charge in [0.05, 0.1) is 5.69 Å². The van der Waals surface area contributed by atoms with Crippen LogP contribution in [0, 0.1) is 0 Å². The van der Waals surface area contributed by atoms with Gasteiger partial charge in [-0.05, 0) is 42.7 Å². The van der Waals surface area contributed by atoms with E-state index in [4.69, 9.17) is 0 Å². The van der Waals surface area contributed by atoms with Crippen molar-refractivity contribution < 1.29 is 9.90 Å². The highest BCUT2D eigenvalue weighted by atomic mass is 16.4. The van der Waals surface area contributed by atoms with Gasteiger partial charge in [-0.1, -0.05) is 19.4 Å². The lowest BCUT2D eigenvalue weighted by Gasteiger charge is -2.12. The Morgan fingerprint density at radius 2 is 1.93 bits per heavy atom. The number of aromatic nitrogens is 6. The number of nitrogens with zero attached hydrogens (tertiary/aromatic N) is 6. The van der Waals surface area contributed by atoms with Crippen LogP contribution in [0.2, 0.25) is 0 Å². The molecule has 1 unspecified atom stereocenters. The normalized spacial score (nSPS) is 12.2. The van der Waals surface area contributed by atoms with Crippen molar-refractivity contribution in [3.63, 3.8) is 0 Å². The number of aryl methyl sites for hydroxylation is 1. The zero-order valence-corrected chi connectivity index (χ0v) is 15.9. The minimum Gasteiger partial charge on any atom is -0.481 e. The first-order valence-electron chi connectivity index (χ1n) is 9.44. The molecule has 0 saturated carbocycles. The molecule has 0 aliphatic rings. The third-order valence-corrected chi connectivity index (χ3v) is 4.72. The van der Waals surface area contributed by atoms with Gasteiger partial charge in [0, 0.05) is 35.9 Å². The van der Waals surface area contributed by atoms with E-state index >= 15 is 0 Å². The van der Waals surface area contributed by atoms with Crippen LogP contribution >= 0.6 is 0 Å². The molecule has 29 heavy (non-hydrogen) atoms. The maximum atomic E-state index is 12.1. The standard InChI is InChI=1S/C21H20N6O2/c1-2-5-15-11-18(16-7-4-9-23-13-16)26-27-19(15)24-25-20(27)17(21(28)29)10-14-6-3-8-22-12-14/h3-4,6-9,11-13,17H,2,5,10H2,1H3,(H,28,29). The van der Waals surface area contributed by atoms with Crippen LogP contribution < -0.4 is 0 Å². The summed E-state index contributed by atoms with van der Waals surface area (Å²) in [6.45, 7) is 2.08. The summed E-state index contributed by atoms with van der Waals surface area (Å²) in [4.78, 5) is 20.3. The molecule has 0 spiro atoms. The number of hydrogen-bond acceptors (Lipinski definition) is 6. The topological polar surface area (TPSA) is 106 Å². The predicted octanol–water partition coefficient (Wildman–Crippen LogP) is 2.94. The molecule has 1 atom stereocenters. The van der Waals surface area contributed by atoms with Crippen LogP contribution in [0.5, 0.6) is 0 Å². The van der Waals surface area contributed by atoms with Crippen LogP contribution in [0.4, 0.5) is 0 Å². The molecule has 0 saturated heterocycles. The van der Waals surface area contributed by atoms with Crippen molar-refractivity contribution in [2.75, 3.05) is 0 Å². The Balaban J connectivity index is 1.85. The molecule has 4 heterocycles. The number of aliphatic carboxylic acids is 1. The van der Waals surface area contributed by atoms with Crippen LogP contribution in [-0.4, -0.2) is 40.9 Å². The largest absolute Gasteiger partial charge is 0.481 e. The van der Waals surface area contributed by atoms with E-state index in [1.54, 1.807) is 35.4 Å².